The van der Waals surface area contributed by atoms with Crippen LogP contribution in [-0.2, 0) is 23.4 Å². The van der Waals surface area contributed by atoms with E-state index in [0.717, 1.165) is 6.42 Å². The summed E-state index contributed by atoms with van der Waals surface area (Å²) in [5.41, 5.74) is 6.27. The number of carbonyl (C=O) groups is 1. The van der Waals surface area contributed by atoms with E-state index in [1.165, 1.54) is 17.2 Å². The number of carbonyl (C=O) groups excluding carboxylic acids is 1. The van der Waals surface area contributed by atoms with E-state index in [4.69, 9.17) is 15.2 Å². The van der Waals surface area contributed by atoms with Gasteiger partial charge in [0.15, 0.2) is 23.8 Å². The van der Waals surface area contributed by atoms with Crippen molar-refractivity contribution in [2.75, 3.05) is 18.9 Å². The largest absolute Gasteiger partial charge is 0.790 e. The third kappa shape index (κ3) is 5.20. The number of esters is 1. The molecule has 32 heavy (non-hydrogen) atoms. The molecule has 0 spiro atoms. The first-order valence-electron chi connectivity index (χ1n) is 9.11. The molecule has 0 unspecified atom stereocenters. The van der Waals surface area contributed by atoms with E-state index in [2.05, 4.69) is 24.8 Å². The number of aliphatic hydroxyl groups excluding tert-OH is 1. The summed E-state index contributed by atoms with van der Waals surface area (Å²) in [5, 5.41) is 13.8. The molecule has 0 aromatic carbocycles. The van der Waals surface area contributed by atoms with Crippen molar-refractivity contribution < 1.29 is 38.3 Å². The zero-order valence-corrected chi connectivity index (χ0v) is 18.4. The number of nitrogens with zero attached hydrogens (tertiary/aromatic N) is 4. The lowest BCUT2D eigenvalue weighted by atomic mass is 10.1. The van der Waals surface area contributed by atoms with Crippen LogP contribution >= 0.6 is 7.82 Å². The predicted octanol–water partition coefficient (Wildman–Crippen LogP) is -2.07. The molecule has 2 saturated heterocycles. The van der Waals surface area contributed by atoms with Crippen LogP contribution in [0.4, 0.5) is 5.82 Å². The maximum atomic E-state index is 12.4. The number of nitrogens with one attached hydrogen (secondary N) is 1. The lowest BCUT2D eigenvalue weighted by Crippen LogP contribution is -2.43. The van der Waals surface area contributed by atoms with E-state index >= 15 is 0 Å². The third-order valence-electron chi connectivity index (χ3n) is 4.96. The Hall–Kier alpha value is -2.27. The normalized spacial score (nSPS) is 27.7. The van der Waals surface area contributed by atoms with Gasteiger partial charge in [0, 0.05) is 0 Å². The minimum atomic E-state index is -5.32. The van der Waals surface area contributed by atoms with Crippen LogP contribution in [0.5, 0.6) is 0 Å². The van der Waals surface area contributed by atoms with E-state index in [0.29, 0.717) is 13.0 Å². The van der Waals surface area contributed by atoms with Crippen LogP contribution in [0.25, 0.3) is 11.2 Å². The second-order valence-electron chi connectivity index (χ2n) is 6.93. The molecule has 0 amide bonds. The van der Waals surface area contributed by atoms with Crippen molar-refractivity contribution in [2.24, 2.45) is 0 Å². The van der Waals surface area contributed by atoms with Gasteiger partial charge in [-0.1, -0.05) is 0 Å². The smallest absolute Gasteiger partial charge is 0.323 e. The fraction of sp³-hybridized carbons (Fsp3) is 0.600. The van der Waals surface area contributed by atoms with Crippen molar-refractivity contribution in [1.29, 1.82) is 0 Å². The Bertz CT molecular complexity index is 979. The SMILES string of the molecule is Nc1ncnc2c1ncn2[C@@H]1O[C@H](COP(=O)([O-])[O-])[C@H](OC(=O)[C@@H]2CCCN2)[C@@H]1O.[NH4+].[NH4+]. The molecule has 16 nitrogen and oxygen atoms in total. The number of quaternary nitrogens is 2. The average Bonchev–Trinajstić information content (AvgIpc) is 3.41. The van der Waals surface area contributed by atoms with Gasteiger partial charge in [-0.25, -0.2) is 15.0 Å². The summed E-state index contributed by atoms with van der Waals surface area (Å²) in [6.45, 7) is -0.0893. The number of hydrogen-bond acceptors (Lipinski definition) is 13. The van der Waals surface area contributed by atoms with Gasteiger partial charge in [-0.15, -0.1) is 0 Å². The van der Waals surface area contributed by atoms with Crippen LogP contribution in [-0.4, -0.2) is 68.1 Å². The molecular weight excluding hydrogens is 451 g/mol. The molecule has 0 bridgehead atoms. The van der Waals surface area contributed by atoms with E-state index in [-0.39, 0.29) is 29.3 Å². The van der Waals surface area contributed by atoms with Crippen LogP contribution in [0, 0.1) is 0 Å². The molecule has 0 radical (unpaired) electrons. The molecule has 2 aromatic rings. The molecular formula is C15H27N8O8P. The second-order valence-corrected chi connectivity index (χ2v) is 8.08. The summed E-state index contributed by atoms with van der Waals surface area (Å²) in [5.74, 6) is -0.514. The lowest BCUT2D eigenvalue weighted by Gasteiger charge is -2.31. The first-order chi connectivity index (χ1) is 14.2. The van der Waals surface area contributed by atoms with E-state index < -0.39 is 51.0 Å². The van der Waals surface area contributed by atoms with E-state index in [1.807, 2.05) is 0 Å². The topological polar surface area (TPSA) is 283 Å². The number of ether oxygens (including phenoxy) is 2. The lowest BCUT2D eigenvalue weighted by molar-refractivity contribution is -0.343. The van der Waals surface area contributed by atoms with Gasteiger partial charge < -0.3 is 56.8 Å². The first-order valence-corrected chi connectivity index (χ1v) is 10.6. The number of aliphatic hydroxyl groups is 1. The molecule has 4 heterocycles. The summed E-state index contributed by atoms with van der Waals surface area (Å²) in [6.07, 6.45) is -1.28. The molecule has 2 aromatic heterocycles. The number of fused-ring (bicyclic) bond motifs is 1. The minimum Gasteiger partial charge on any atom is -0.790 e. The number of nitrogen functional groups attached to an aromatic ring is 1. The maximum absolute atomic E-state index is 12.4. The van der Waals surface area contributed by atoms with Gasteiger partial charge in [0.2, 0.25) is 0 Å². The number of hydrogen-bond donors (Lipinski definition) is 5. The maximum Gasteiger partial charge on any atom is 0.323 e. The van der Waals surface area contributed by atoms with E-state index in [1.54, 1.807) is 0 Å². The van der Waals surface area contributed by atoms with Crippen molar-refractivity contribution in [3.8, 4) is 0 Å². The van der Waals surface area contributed by atoms with Gasteiger partial charge in [0.1, 0.15) is 30.1 Å². The first kappa shape index (κ1) is 26.0. The quantitative estimate of drug-likeness (QED) is 0.220. The highest BCUT2D eigenvalue weighted by molar-refractivity contribution is 7.43. The molecule has 2 aliphatic heterocycles. The summed E-state index contributed by atoms with van der Waals surface area (Å²) in [4.78, 5) is 46.2. The molecule has 12 N–H and O–H groups in total. The standard InChI is InChI=1S/C15H21N6O8P.2H3N/c16-12-9-13(19-5-18-12)21(6-20-9)14-10(22)11(8(28-14)4-27-30(24,25)26)29-15(23)7-2-1-3-17-7;;/h5-8,10-11,14,17,22H,1-4H2,(H2,16,18,19)(H2,24,25,26);2*1H3/t7-,8+,10-,11-,14+;;/m0../s1. The highest BCUT2D eigenvalue weighted by Crippen LogP contribution is 2.36. The van der Waals surface area contributed by atoms with Crippen molar-refractivity contribution in [1.82, 2.24) is 37.1 Å². The molecule has 2 fully saturated rings. The fourth-order valence-corrected chi connectivity index (χ4v) is 3.88. The molecule has 0 saturated carbocycles. The number of anilines is 1. The summed E-state index contributed by atoms with van der Waals surface area (Å²) in [6, 6.07) is -0.551. The third-order valence-corrected chi connectivity index (χ3v) is 5.43. The fourth-order valence-electron chi connectivity index (χ4n) is 3.55. The Balaban J connectivity index is 0.00000181. The number of phosphoric ester groups is 1. The number of imidazole rings is 1. The van der Waals surface area contributed by atoms with Crippen LogP contribution in [0.15, 0.2) is 12.7 Å². The molecule has 4 rings (SSSR count). The number of rotatable bonds is 6. The molecule has 180 valence electrons. The second kappa shape index (κ2) is 10.1. The van der Waals surface area contributed by atoms with Gasteiger partial charge >= 0.3 is 5.97 Å². The zero-order valence-electron chi connectivity index (χ0n) is 17.5. The Morgan fingerprint density at radius 2 is 2.12 bits per heavy atom. The Labute approximate surface area is 181 Å². The molecule has 2 aliphatic rings. The predicted molar refractivity (Wildman–Crippen MR) is 106 cm³/mol. The van der Waals surface area contributed by atoms with Gasteiger partial charge in [-0.3, -0.25) is 9.36 Å². The molecule has 5 atom stereocenters. The van der Waals surface area contributed by atoms with Gasteiger partial charge in [-0.05, 0) is 19.4 Å². The Morgan fingerprint density at radius 1 is 1.38 bits per heavy atom. The van der Waals surface area contributed by atoms with E-state index in [9.17, 15) is 24.3 Å². The van der Waals surface area contributed by atoms with Crippen LogP contribution in [0.2, 0.25) is 0 Å². The summed E-state index contributed by atoms with van der Waals surface area (Å²) >= 11 is 0. The van der Waals surface area contributed by atoms with Crippen molar-refractivity contribution in [2.45, 2.75) is 43.4 Å². The van der Waals surface area contributed by atoms with Gasteiger partial charge in [0.25, 0.3) is 0 Å². The summed E-state index contributed by atoms with van der Waals surface area (Å²) in [7, 11) is -5.32. The van der Waals surface area contributed by atoms with Crippen molar-refractivity contribution >= 4 is 30.8 Å². The summed E-state index contributed by atoms with van der Waals surface area (Å²) < 4.78 is 27.6. The highest BCUT2D eigenvalue weighted by atomic mass is 31.2. The minimum absolute atomic E-state index is 0. The number of phosphoric acid groups is 1. The monoisotopic (exact) mass is 478 g/mol. The van der Waals surface area contributed by atoms with Crippen LogP contribution in [0.3, 0.4) is 0 Å². The van der Waals surface area contributed by atoms with Crippen molar-refractivity contribution in [3.05, 3.63) is 12.7 Å². The van der Waals surface area contributed by atoms with Crippen LogP contribution < -0.4 is 33.1 Å². The van der Waals surface area contributed by atoms with Crippen LogP contribution in [0.1, 0.15) is 19.1 Å². The Morgan fingerprint density at radius 3 is 2.78 bits per heavy atom. The van der Waals surface area contributed by atoms with Gasteiger partial charge in [-0.2, -0.15) is 0 Å². The molecule has 17 heteroatoms. The van der Waals surface area contributed by atoms with Gasteiger partial charge in [0.05, 0.1) is 20.8 Å². The zero-order chi connectivity index (χ0) is 21.5. The highest BCUT2D eigenvalue weighted by Gasteiger charge is 2.48. The van der Waals surface area contributed by atoms with Crippen molar-refractivity contribution in [3.63, 3.8) is 0 Å². The number of nitrogens with two attached hydrogens (primary N) is 1. The average molecular weight is 478 g/mol. The molecule has 0 aliphatic carbocycles. The number of aromatic nitrogens is 4. The Kier molecular flexibility index (Phi) is 8.22.